The molecular weight excluding hydrogens is 621 g/mol. The second-order valence-electron chi connectivity index (χ2n) is 11.7. The molecule has 0 saturated carbocycles. The van der Waals surface area contributed by atoms with Crippen LogP contribution in [0.5, 0.6) is 0 Å². The van der Waals surface area contributed by atoms with Gasteiger partial charge in [-0.25, -0.2) is 0 Å². The molecule has 0 fully saturated rings. The number of hydrogen-bond acceptors (Lipinski definition) is 1. The number of benzene rings is 8. The van der Waals surface area contributed by atoms with E-state index in [-0.39, 0.29) is 94.0 Å². The molecule has 0 aliphatic rings. The molecule has 0 bridgehead atoms. The van der Waals surface area contributed by atoms with Crippen molar-refractivity contribution in [2.75, 3.05) is 0 Å². The van der Waals surface area contributed by atoms with Gasteiger partial charge in [-0.05, 0) is 76.7 Å². The summed E-state index contributed by atoms with van der Waals surface area (Å²) in [6.07, 6.45) is 0. The molecule has 51 heavy (non-hydrogen) atoms. The van der Waals surface area contributed by atoms with Gasteiger partial charge in [-0.3, -0.25) is 0 Å². The van der Waals surface area contributed by atoms with E-state index in [1.165, 1.54) is 16.7 Å². The molecule has 0 saturated heterocycles. The van der Waals surface area contributed by atoms with Gasteiger partial charge in [0.1, 0.15) is 5.58 Å². The topological polar surface area (TPSA) is 23.0 Å². The van der Waals surface area contributed by atoms with Crippen molar-refractivity contribution in [2.45, 2.75) is 0 Å². The number of furan rings is 1. The maximum atomic E-state index is 9.83. The summed E-state index contributed by atoms with van der Waals surface area (Å²) < 4.78 is 198. The minimum absolute atomic E-state index is 0.0160. The molecule has 11 rings (SSSR count). The predicted octanol–water partition coefficient (Wildman–Crippen LogP) is 13.1. The van der Waals surface area contributed by atoms with Gasteiger partial charge in [0.25, 0.3) is 0 Å². The van der Waals surface area contributed by atoms with Crippen molar-refractivity contribution in [3.63, 3.8) is 0 Å². The van der Waals surface area contributed by atoms with Crippen LogP contribution in [0.3, 0.4) is 0 Å². The van der Waals surface area contributed by atoms with E-state index < -0.39 is 126 Å². The van der Waals surface area contributed by atoms with Crippen molar-refractivity contribution in [3.05, 3.63) is 181 Å². The van der Waals surface area contributed by atoms with E-state index in [0.29, 0.717) is 5.69 Å². The Kier molecular flexibility index (Phi) is 3.09. The molecule has 11 aromatic rings. The molecule has 238 valence electrons. The third kappa shape index (κ3) is 4.06. The van der Waals surface area contributed by atoms with Crippen LogP contribution in [0.2, 0.25) is 0 Å². The third-order valence-corrected chi connectivity index (χ3v) is 9.04. The standard InChI is InChI=1S/C48H30N2O/c1-3-14-31(15-4-1)34-21-13-27-45-47(34)38-22-12-26-44(48(38)51-45)50-40-23-9-7-18-36(40)39-30-32(28-29-42(39)50)35-20-11-25-43-46(35)37-19-8-10-24-41(37)49(43)33-16-5-2-6-17-33/h1-30H/i1D,3D,4D,7D,8D,9D,10D,11D,12D,13D,14D,18D,20D,21D,22D,23D,24D,25D,27D,28D,29D. The summed E-state index contributed by atoms with van der Waals surface area (Å²) in [6.45, 7) is 0. The highest BCUT2D eigenvalue weighted by molar-refractivity contribution is 6.19. The van der Waals surface area contributed by atoms with Crippen LogP contribution in [0, 0.1) is 0 Å². The normalized spacial score (nSPS) is 17.7. The van der Waals surface area contributed by atoms with Crippen molar-refractivity contribution in [1.29, 1.82) is 0 Å². The van der Waals surface area contributed by atoms with Gasteiger partial charge >= 0.3 is 0 Å². The summed E-state index contributed by atoms with van der Waals surface area (Å²) in [7, 11) is 0. The maximum Gasteiger partial charge on any atom is 0.159 e. The number of nitrogens with zero attached hydrogens (tertiary/aromatic N) is 2. The Morgan fingerprint density at radius 2 is 1.16 bits per heavy atom. The molecular formula is C48H30N2O. The first kappa shape index (κ1) is 14.6. The second kappa shape index (κ2) is 10.8. The molecule has 0 aliphatic carbocycles. The average Bonchev–Trinajstić information content (AvgIpc) is 4.03. The van der Waals surface area contributed by atoms with Crippen molar-refractivity contribution in [2.24, 2.45) is 0 Å². The molecule has 0 radical (unpaired) electrons. The molecule has 0 amide bonds. The van der Waals surface area contributed by atoms with Crippen LogP contribution in [0.4, 0.5) is 0 Å². The highest BCUT2D eigenvalue weighted by atomic mass is 16.3. The molecule has 0 spiro atoms. The van der Waals surface area contributed by atoms with Crippen molar-refractivity contribution < 1.29 is 33.2 Å². The first-order valence-corrected chi connectivity index (χ1v) is 15.7. The lowest BCUT2D eigenvalue weighted by molar-refractivity contribution is 0.666. The lowest BCUT2D eigenvalue weighted by Crippen LogP contribution is -1.94. The van der Waals surface area contributed by atoms with Gasteiger partial charge < -0.3 is 13.6 Å². The molecule has 0 N–H and O–H groups in total. The number of hydrogen-bond donors (Lipinski definition) is 0. The van der Waals surface area contributed by atoms with Gasteiger partial charge in [0, 0.05) is 38.0 Å². The van der Waals surface area contributed by atoms with Crippen LogP contribution in [-0.2, 0) is 0 Å². The van der Waals surface area contributed by atoms with Crippen LogP contribution in [0.15, 0.2) is 186 Å². The fourth-order valence-electron chi connectivity index (χ4n) is 6.94. The molecule has 0 aliphatic heterocycles. The smallest absolute Gasteiger partial charge is 0.159 e. The average molecular weight is 672 g/mol. The van der Waals surface area contributed by atoms with Gasteiger partial charge in [0.15, 0.2) is 5.58 Å². The Morgan fingerprint density at radius 3 is 2.08 bits per heavy atom. The Hall–Kier alpha value is -6.84. The Morgan fingerprint density at radius 1 is 0.431 bits per heavy atom. The number of rotatable bonds is 4. The van der Waals surface area contributed by atoms with E-state index in [9.17, 15) is 9.60 Å². The van der Waals surface area contributed by atoms with Crippen LogP contribution < -0.4 is 0 Å². The first-order chi connectivity index (χ1) is 34.0. The second-order valence-corrected chi connectivity index (χ2v) is 11.7. The van der Waals surface area contributed by atoms with Gasteiger partial charge in [0.05, 0.1) is 56.5 Å². The lowest BCUT2D eigenvalue weighted by Gasteiger charge is -2.10. The summed E-state index contributed by atoms with van der Waals surface area (Å²) in [5.74, 6) is 0. The van der Waals surface area contributed by atoms with Crippen molar-refractivity contribution in [3.8, 4) is 33.6 Å². The fraction of sp³-hybridized carbons (Fsp3) is 0. The van der Waals surface area contributed by atoms with E-state index in [2.05, 4.69) is 0 Å². The Balaban J connectivity index is 1.34. The summed E-state index contributed by atoms with van der Waals surface area (Å²) in [6, 6.07) is 0.761. The maximum absolute atomic E-state index is 9.83. The van der Waals surface area contributed by atoms with Crippen molar-refractivity contribution in [1.82, 2.24) is 9.13 Å². The molecule has 0 unspecified atom stereocenters. The first-order valence-electron chi connectivity index (χ1n) is 26.2. The lowest BCUT2D eigenvalue weighted by atomic mass is 9.98. The van der Waals surface area contributed by atoms with E-state index in [1.54, 1.807) is 30.3 Å². The van der Waals surface area contributed by atoms with Gasteiger partial charge in [-0.2, -0.15) is 0 Å². The molecule has 3 heteroatoms. The van der Waals surface area contributed by atoms with Crippen LogP contribution >= 0.6 is 0 Å². The third-order valence-electron chi connectivity index (χ3n) is 9.04. The minimum Gasteiger partial charge on any atom is -0.454 e. The largest absolute Gasteiger partial charge is 0.454 e. The van der Waals surface area contributed by atoms with Crippen LogP contribution in [-0.4, -0.2) is 9.13 Å². The van der Waals surface area contributed by atoms with E-state index in [1.807, 2.05) is 0 Å². The molecule has 3 heterocycles. The summed E-state index contributed by atoms with van der Waals surface area (Å²) >= 11 is 0. The Labute approximate surface area is 323 Å². The van der Waals surface area contributed by atoms with Crippen LogP contribution in [0.1, 0.15) is 28.8 Å². The zero-order valence-electron chi connectivity index (χ0n) is 47.0. The van der Waals surface area contributed by atoms with Crippen LogP contribution in [0.25, 0.3) is 99.2 Å². The highest BCUT2D eigenvalue weighted by Gasteiger charge is 2.21. The zero-order valence-corrected chi connectivity index (χ0v) is 26.0. The van der Waals surface area contributed by atoms with E-state index in [0.717, 1.165) is 16.7 Å². The SMILES string of the molecule is [2H]c1cc(-c2c([2H])c([2H])c([2H])c3oc4c(-n5c6c([2H])c([2H])c(-c7c([2H])c([2H])c([2H])c8c7c7cc([2H])c([2H])c([2H])c7n8-c7ccccc7)cc6c6c([2H])c([2H])c([2H])c([2H])c65)cc([2H])c([2H])c4c23)c([2H])c([2H])c1[2H]. The molecule has 0 atom stereocenters. The summed E-state index contributed by atoms with van der Waals surface area (Å²) in [5.41, 5.74) is -2.20. The number of para-hydroxylation sites is 4. The molecule has 8 aromatic carbocycles. The number of aromatic nitrogens is 2. The van der Waals surface area contributed by atoms with Gasteiger partial charge in [-0.15, -0.1) is 0 Å². The Bertz CT molecular complexity index is 4350. The molecule has 3 nitrogen and oxygen atoms in total. The van der Waals surface area contributed by atoms with E-state index in [4.69, 9.17) is 23.6 Å². The van der Waals surface area contributed by atoms with Gasteiger partial charge in [0.2, 0.25) is 0 Å². The monoisotopic (exact) mass is 671 g/mol. The zero-order chi connectivity index (χ0) is 51.7. The summed E-state index contributed by atoms with van der Waals surface area (Å²) in [4.78, 5) is 0. The van der Waals surface area contributed by atoms with E-state index >= 15 is 0 Å². The molecule has 3 aromatic heterocycles. The summed E-state index contributed by atoms with van der Waals surface area (Å²) in [5, 5.41) is -0.716. The van der Waals surface area contributed by atoms with Gasteiger partial charge in [-0.1, -0.05) is 127 Å². The fourth-order valence-corrected chi connectivity index (χ4v) is 6.94. The minimum atomic E-state index is -0.731. The van der Waals surface area contributed by atoms with Crippen molar-refractivity contribution >= 4 is 65.6 Å². The predicted molar refractivity (Wildman–Crippen MR) is 213 cm³/mol. The quantitative estimate of drug-likeness (QED) is 0.183. The number of fused-ring (bicyclic) bond motifs is 9. The highest BCUT2D eigenvalue weighted by Crippen LogP contribution is 2.43.